The first-order valence-corrected chi connectivity index (χ1v) is 8.38. The average molecular weight is 330 g/mol. The number of rotatable bonds is 5. The molecule has 24 heavy (non-hydrogen) atoms. The molecule has 1 aromatic heterocycles. The van der Waals surface area contributed by atoms with E-state index in [1.54, 1.807) is 6.92 Å². The SMILES string of the molecule is Cc1c(CC(=O)O)c(=O)oc2c(C)c(OCC3CCCC3)ccc12. The number of hydrogen-bond donors (Lipinski definition) is 1. The lowest BCUT2D eigenvalue weighted by Gasteiger charge is -2.15. The topological polar surface area (TPSA) is 76.7 Å². The fourth-order valence-electron chi connectivity index (χ4n) is 3.47. The Morgan fingerprint density at radius 1 is 1.25 bits per heavy atom. The van der Waals surface area contributed by atoms with Gasteiger partial charge in [0.2, 0.25) is 0 Å². The van der Waals surface area contributed by atoms with Crippen molar-refractivity contribution in [1.82, 2.24) is 0 Å². The Labute approximate surface area is 140 Å². The molecule has 3 rings (SSSR count). The second kappa shape index (κ2) is 6.67. The van der Waals surface area contributed by atoms with Gasteiger partial charge in [0.15, 0.2) is 0 Å². The van der Waals surface area contributed by atoms with E-state index in [4.69, 9.17) is 14.3 Å². The van der Waals surface area contributed by atoms with Gasteiger partial charge in [-0.3, -0.25) is 4.79 Å². The van der Waals surface area contributed by atoms with Crippen LogP contribution in [0.15, 0.2) is 21.3 Å². The van der Waals surface area contributed by atoms with E-state index < -0.39 is 11.6 Å². The number of ether oxygens (including phenoxy) is 1. The van der Waals surface area contributed by atoms with Crippen LogP contribution in [-0.4, -0.2) is 17.7 Å². The fourth-order valence-corrected chi connectivity index (χ4v) is 3.47. The van der Waals surface area contributed by atoms with E-state index in [0.717, 1.165) is 16.7 Å². The number of fused-ring (bicyclic) bond motifs is 1. The summed E-state index contributed by atoms with van der Waals surface area (Å²) in [5.41, 5.74) is 1.55. The molecule has 0 saturated heterocycles. The van der Waals surface area contributed by atoms with E-state index in [0.29, 0.717) is 23.7 Å². The van der Waals surface area contributed by atoms with Crippen molar-refractivity contribution in [1.29, 1.82) is 0 Å². The van der Waals surface area contributed by atoms with Crippen LogP contribution in [0.1, 0.15) is 42.4 Å². The fraction of sp³-hybridized carbons (Fsp3) is 0.474. The lowest BCUT2D eigenvalue weighted by Crippen LogP contribution is -2.15. The minimum atomic E-state index is -1.04. The molecule has 1 aliphatic rings. The van der Waals surface area contributed by atoms with Crippen molar-refractivity contribution in [3.05, 3.63) is 39.2 Å². The van der Waals surface area contributed by atoms with E-state index in [1.165, 1.54) is 25.7 Å². The summed E-state index contributed by atoms with van der Waals surface area (Å²) in [6.07, 6.45) is 4.62. The van der Waals surface area contributed by atoms with Crippen molar-refractivity contribution in [3.63, 3.8) is 0 Å². The maximum atomic E-state index is 12.1. The summed E-state index contributed by atoms with van der Waals surface area (Å²) in [6.45, 7) is 4.31. The normalized spacial score (nSPS) is 15.1. The van der Waals surface area contributed by atoms with Gasteiger partial charge in [0.05, 0.1) is 18.6 Å². The number of aryl methyl sites for hydroxylation is 2. The molecular formula is C19H22O5. The van der Waals surface area contributed by atoms with Gasteiger partial charge in [-0.15, -0.1) is 0 Å². The molecule has 0 spiro atoms. The number of carbonyl (C=O) groups is 1. The highest BCUT2D eigenvalue weighted by molar-refractivity contribution is 5.86. The largest absolute Gasteiger partial charge is 0.493 e. The first kappa shape index (κ1) is 16.6. The quantitative estimate of drug-likeness (QED) is 0.848. The molecule has 0 amide bonds. The van der Waals surface area contributed by atoms with Gasteiger partial charge in [0, 0.05) is 10.9 Å². The van der Waals surface area contributed by atoms with Crippen LogP contribution in [0.25, 0.3) is 11.0 Å². The molecule has 5 nitrogen and oxygen atoms in total. The molecule has 0 bridgehead atoms. The molecule has 0 aliphatic heterocycles. The maximum absolute atomic E-state index is 12.1. The summed E-state index contributed by atoms with van der Waals surface area (Å²) >= 11 is 0. The predicted octanol–water partition coefficient (Wildman–Crippen LogP) is 3.61. The van der Waals surface area contributed by atoms with Crippen molar-refractivity contribution in [2.45, 2.75) is 46.0 Å². The van der Waals surface area contributed by atoms with E-state index >= 15 is 0 Å². The zero-order valence-electron chi connectivity index (χ0n) is 14.1. The van der Waals surface area contributed by atoms with Gasteiger partial charge >= 0.3 is 11.6 Å². The molecule has 1 N–H and O–H groups in total. The molecule has 1 aliphatic carbocycles. The molecular weight excluding hydrogens is 308 g/mol. The van der Waals surface area contributed by atoms with Crippen LogP contribution in [-0.2, 0) is 11.2 Å². The van der Waals surface area contributed by atoms with Gasteiger partial charge in [-0.05, 0) is 50.3 Å². The second-order valence-corrected chi connectivity index (χ2v) is 6.59. The number of benzene rings is 1. The molecule has 1 saturated carbocycles. The van der Waals surface area contributed by atoms with Crippen LogP contribution in [0.2, 0.25) is 0 Å². The summed E-state index contributed by atoms with van der Waals surface area (Å²) in [7, 11) is 0. The number of aliphatic carboxylic acids is 1. The zero-order chi connectivity index (χ0) is 17.3. The summed E-state index contributed by atoms with van der Waals surface area (Å²) in [5.74, 6) is 0.285. The zero-order valence-corrected chi connectivity index (χ0v) is 14.1. The lowest BCUT2D eigenvalue weighted by atomic mass is 10.0. The molecule has 0 radical (unpaired) electrons. The van der Waals surface area contributed by atoms with E-state index in [9.17, 15) is 9.59 Å². The molecule has 1 fully saturated rings. The van der Waals surface area contributed by atoms with Crippen molar-refractivity contribution < 1.29 is 19.1 Å². The van der Waals surface area contributed by atoms with Crippen molar-refractivity contribution in [3.8, 4) is 5.75 Å². The Morgan fingerprint density at radius 2 is 1.96 bits per heavy atom. The third-order valence-electron chi connectivity index (χ3n) is 4.93. The number of hydrogen-bond acceptors (Lipinski definition) is 4. The predicted molar refractivity (Wildman–Crippen MR) is 90.8 cm³/mol. The van der Waals surface area contributed by atoms with Crippen LogP contribution in [0.4, 0.5) is 0 Å². The van der Waals surface area contributed by atoms with Gasteiger partial charge < -0.3 is 14.3 Å². The van der Waals surface area contributed by atoms with Crippen LogP contribution in [0.3, 0.4) is 0 Å². The standard InChI is InChI=1S/C19H22O5/c1-11-14-7-8-16(23-10-13-5-3-4-6-13)12(2)18(14)24-19(22)15(11)9-17(20)21/h7-8,13H,3-6,9-10H2,1-2H3,(H,20,21). The summed E-state index contributed by atoms with van der Waals surface area (Å²) in [6, 6.07) is 3.72. The van der Waals surface area contributed by atoms with Gasteiger partial charge in [-0.2, -0.15) is 0 Å². The van der Waals surface area contributed by atoms with E-state index in [1.807, 2.05) is 19.1 Å². The number of carboxylic acid groups (broad SMARTS) is 1. The Balaban J connectivity index is 1.96. The van der Waals surface area contributed by atoms with Crippen LogP contribution >= 0.6 is 0 Å². The average Bonchev–Trinajstić information content (AvgIpc) is 3.05. The monoisotopic (exact) mass is 330 g/mol. The van der Waals surface area contributed by atoms with Crippen LogP contribution in [0, 0.1) is 19.8 Å². The highest BCUT2D eigenvalue weighted by Gasteiger charge is 2.19. The van der Waals surface area contributed by atoms with Crippen LogP contribution < -0.4 is 10.4 Å². The Morgan fingerprint density at radius 3 is 2.62 bits per heavy atom. The van der Waals surface area contributed by atoms with Gasteiger partial charge in [0.25, 0.3) is 0 Å². The Kier molecular flexibility index (Phi) is 4.60. The summed E-state index contributed by atoms with van der Waals surface area (Å²) in [4.78, 5) is 23.1. The summed E-state index contributed by atoms with van der Waals surface area (Å²) < 4.78 is 11.4. The molecule has 1 aromatic carbocycles. The van der Waals surface area contributed by atoms with Crippen molar-refractivity contribution in [2.24, 2.45) is 5.92 Å². The number of carboxylic acids is 1. The molecule has 5 heteroatoms. The minimum Gasteiger partial charge on any atom is -0.493 e. The molecule has 2 aromatic rings. The van der Waals surface area contributed by atoms with Crippen LogP contribution in [0.5, 0.6) is 5.75 Å². The minimum absolute atomic E-state index is 0.203. The van der Waals surface area contributed by atoms with E-state index in [2.05, 4.69) is 0 Å². The highest BCUT2D eigenvalue weighted by atomic mass is 16.5. The first-order chi connectivity index (χ1) is 11.5. The first-order valence-electron chi connectivity index (χ1n) is 8.38. The second-order valence-electron chi connectivity index (χ2n) is 6.59. The Hall–Kier alpha value is -2.30. The third kappa shape index (κ3) is 3.16. The lowest BCUT2D eigenvalue weighted by molar-refractivity contribution is -0.136. The third-order valence-corrected chi connectivity index (χ3v) is 4.93. The summed E-state index contributed by atoms with van der Waals surface area (Å²) in [5, 5.41) is 9.72. The molecule has 1 heterocycles. The van der Waals surface area contributed by atoms with E-state index in [-0.39, 0.29) is 12.0 Å². The maximum Gasteiger partial charge on any atom is 0.340 e. The van der Waals surface area contributed by atoms with Gasteiger partial charge in [0.1, 0.15) is 11.3 Å². The van der Waals surface area contributed by atoms with Crippen molar-refractivity contribution in [2.75, 3.05) is 6.61 Å². The van der Waals surface area contributed by atoms with Gasteiger partial charge in [-0.1, -0.05) is 12.8 Å². The molecule has 128 valence electrons. The molecule has 0 atom stereocenters. The smallest absolute Gasteiger partial charge is 0.340 e. The Bertz CT molecular complexity index is 828. The van der Waals surface area contributed by atoms with Gasteiger partial charge in [-0.25, -0.2) is 4.79 Å². The van der Waals surface area contributed by atoms with Crippen molar-refractivity contribution >= 4 is 16.9 Å². The molecule has 0 unspecified atom stereocenters. The highest BCUT2D eigenvalue weighted by Crippen LogP contribution is 2.31.